The molecule has 0 fully saturated rings. The van der Waals surface area contributed by atoms with Crippen LogP contribution in [0.5, 0.6) is 0 Å². The zero-order valence-corrected chi connectivity index (χ0v) is 11.0. The van der Waals surface area contributed by atoms with E-state index in [0.29, 0.717) is 25.4 Å². The average molecular weight is 239 g/mol. The minimum atomic E-state index is -0.00222. The Hall–Kier alpha value is -1.36. The molecular weight excluding hydrogens is 218 g/mol. The third-order valence-corrected chi connectivity index (χ3v) is 2.11. The number of aryl methyl sites for hydroxylation is 1. The highest BCUT2D eigenvalue weighted by Crippen LogP contribution is 2.01. The Bertz CT molecular complexity index is 366. The first-order valence-electron chi connectivity index (χ1n) is 5.80. The van der Waals surface area contributed by atoms with Crippen LogP contribution in [0, 0.1) is 6.92 Å². The highest BCUT2D eigenvalue weighted by atomic mass is 16.4. The van der Waals surface area contributed by atoms with Crippen molar-refractivity contribution in [2.24, 2.45) is 0 Å². The Morgan fingerprint density at radius 1 is 1.47 bits per heavy atom. The number of nitrogens with zero attached hydrogens (tertiary/aromatic N) is 1. The Morgan fingerprint density at radius 3 is 2.71 bits per heavy atom. The summed E-state index contributed by atoms with van der Waals surface area (Å²) in [4.78, 5) is 15.5. The Balaban J connectivity index is 2.18. The Kier molecular flexibility index (Phi) is 4.69. The van der Waals surface area contributed by atoms with Crippen LogP contribution in [-0.2, 0) is 11.3 Å². The van der Waals surface area contributed by atoms with Crippen molar-refractivity contribution in [3.05, 3.63) is 17.8 Å². The molecular formula is C12H21N3O2. The smallest absolute Gasteiger partial charge is 0.221 e. The minimum Gasteiger partial charge on any atom is -0.444 e. The molecule has 96 valence electrons. The summed E-state index contributed by atoms with van der Waals surface area (Å²) in [7, 11) is 0. The van der Waals surface area contributed by atoms with E-state index in [9.17, 15) is 4.79 Å². The van der Waals surface area contributed by atoms with Gasteiger partial charge in [0.05, 0.1) is 12.7 Å². The lowest BCUT2D eigenvalue weighted by Crippen LogP contribution is -2.38. The van der Waals surface area contributed by atoms with E-state index in [1.807, 2.05) is 6.92 Å². The second-order valence-electron chi connectivity index (χ2n) is 5.07. The zero-order valence-electron chi connectivity index (χ0n) is 11.0. The summed E-state index contributed by atoms with van der Waals surface area (Å²) >= 11 is 0. The molecule has 0 aromatic carbocycles. The lowest BCUT2D eigenvalue weighted by molar-refractivity contribution is -0.121. The van der Waals surface area contributed by atoms with E-state index in [4.69, 9.17) is 4.42 Å². The van der Waals surface area contributed by atoms with Crippen molar-refractivity contribution in [1.82, 2.24) is 15.6 Å². The van der Waals surface area contributed by atoms with Crippen molar-refractivity contribution >= 4 is 5.91 Å². The second-order valence-corrected chi connectivity index (χ2v) is 5.07. The largest absolute Gasteiger partial charge is 0.444 e. The van der Waals surface area contributed by atoms with E-state index in [1.165, 1.54) is 0 Å². The van der Waals surface area contributed by atoms with Gasteiger partial charge in [0.15, 0.2) is 0 Å². The molecule has 0 radical (unpaired) electrons. The first-order chi connectivity index (χ1) is 7.87. The molecule has 0 aliphatic rings. The standard InChI is InChI=1S/C12H21N3O2/c1-9-7-14-11(17-9)8-13-10(16)5-6-15-12(2,3)4/h7,15H,5-6,8H2,1-4H3,(H,13,16). The zero-order chi connectivity index (χ0) is 12.9. The third-order valence-electron chi connectivity index (χ3n) is 2.11. The summed E-state index contributed by atoms with van der Waals surface area (Å²) in [6, 6.07) is 0. The van der Waals surface area contributed by atoms with Crippen LogP contribution < -0.4 is 10.6 Å². The molecule has 0 spiro atoms. The fraction of sp³-hybridized carbons (Fsp3) is 0.667. The van der Waals surface area contributed by atoms with Gasteiger partial charge in [-0.25, -0.2) is 4.98 Å². The van der Waals surface area contributed by atoms with Crippen molar-refractivity contribution in [3.8, 4) is 0 Å². The van der Waals surface area contributed by atoms with E-state index in [-0.39, 0.29) is 11.4 Å². The van der Waals surface area contributed by atoms with E-state index in [1.54, 1.807) is 6.20 Å². The molecule has 2 N–H and O–H groups in total. The normalized spacial score (nSPS) is 11.5. The van der Waals surface area contributed by atoms with Gasteiger partial charge in [-0.1, -0.05) is 0 Å². The number of carbonyl (C=O) groups is 1. The Labute approximate surface area is 102 Å². The molecule has 0 unspecified atom stereocenters. The molecule has 0 aliphatic heterocycles. The van der Waals surface area contributed by atoms with Crippen LogP contribution in [0.3, 0.4) is 0 Å². The molecule has 5 nitrogen and oxygen atoms in total. The maximum absolute atomic E-state index is 11.5. The topological polar surface area (TPSA) is 67.2 Å². The maximum atomic E-state index is 11.5. The van der Waals surface area contributed by atoms with Gasteiger partial charge in [0, 0.05) is 18.5 Å². The number of aromatic nitrogens is 1. The van der Waals surface area contributed by atoms with Crippen LogP contribution in [0.2, 0.25) is 0 Å². The van der Waals surface area contributed by atoms with Crippen LogP contribution in [0.1, 0.15) is 38.8 Å². The number of rotatable bonds is 5. The van der Waals surface area contributed by atoms with Gasteiger partial charge in [-0.15, -0.1) is 0 Å². The van der Waals surface area contributed by atoms with Gasteiger partial charge < -0.3 is 15.1 Å². The number of hydrogen-bond acceptors (Lipinski definition) is 4. The van der Waals surface area contributed by atoms with Gasteiger partial charge in [0.1, 0.15) is 5.76 Å². The van der Waals surface area contributed by atoms with Gasteiger partial charge in [-0.2, -0.15) is 0 Å². The van der Waals surface area contributed by atoms with E-state index in [2.05, 4.69) is 36.4 Å². The molecule has 0 bridgehead atoms. The molecule has 1 aromatic rings. The lowest BCUT2D eigenvalue weighted by atomic mass is 10.1. The molecule has 1 heterocycles. The van der Waals surface area contributed by atoms with Crippen molar-refractivity contribution in [2.75, 3.05) is 6.54 Å². The lowest BCUT2D eigenvalue weighted by Gasteiger charge is -2.20. The number of amides is 1. The molecule has 0 atom stereocenters. The highest BCUT2D eigenvalue weighted by molar-refractivity contribution is 5.75. The molecule has 0 aliphatic carbocycles. The van der Waals surface area contributed by atoms with E-state index < -0.39 is 0 Å². The van der Waals surface area contributed by atoms with Gasteiger partial charge in [-0.3, -0.25) is 4.79 Å². The first kappa shape index (κ1) is 13.7. The van der Waals surface area contributed by atoms with E-state index >= 15 is 0 Å². The molecule has 5 heteroatoms. The summed E-state index contributed by atoms with van der Waals surface area (Å²) < 4.78 is 5.25. The van der Waals surface area contributed by atoms with Crippen molar-refractivity contribution in [1.29, 1.82) is 0 Å². The van der Waals surface area contributed by atoms with Crippen LogP contribution >= 0.6 is 0 Å². The molecule has 17 heavy (non-hydrogen) atoms. The highest BCUT2D eigenvalue weighted by Gasteiger charge is 2.10. The fourth-order valence-electron chi connectivity index (χ4n) is 1.30. The van der Waals surface area contributed by atoms with Crippen LogP contribution in [0.25, 0.3) is 0 Å². The minimum absolute atomic E-state index is 0.00222. The van der Waals surface area contributed by atoms with Crippen LogP contribution in [0.4, 0.5) is 0 Å². The van der Waals surface area contributed by atoms with Gasteiger partial charge >= 0.3 is 0 Å². The average Bonchev–Trinajstić information content (AvgIpc) is 2.59. The number of carbonyl (C=O) groups excluding carboxylic acids is 1. The summed E-state index contributed by atoms with van der Waals surface area (Å²) in [5.41, 5.74) is 0.0416. The first-order valence-corrected chi connectivity index (χ1v) is 5.80. The summed E-state index contributed by atoms with van der Waals surface area (Å²) in [6.45, 7) is 9.05. The predicted molar refractivity (Wildman–Crippen MR) is 65.5 cm³/mol. The molecule has 1 aromatic heterocycles. The van der Waals surface area contributed by atoms with Gasteiger partial charge in [-0.05, 0) is 27.7 Å². The fourth-order valence-corrected chi connectivity index (χ4v) is 1.30. The summed E-state index contributed by atoms with van der Waals surface area (Å²) in [5, 5.41) is 6.02. The monoisotopic (exact) mass is 239 g/mol. The maximum Gasteiger partial charge on any atom is 0.221 e. The van der Waals surface area contributed by atoms with Crippen molar-refractivity contribution < 1.29 is 9.21 Å². The molecule has 1 amide bonds. The molecule has 0 saturated carbocycles. The molecule has 1 rings (SSSR count). The number of hydrogen-bond donors (Lipinski definition) is 2. The summed E-state index contributed by atoms with van der Waals surface area (Å²) in [5.74, 6) is 1.29. The van der Waals surface area contributed by atoms with Crippen molar-refractivity contribution in [3.63, 3.8) is 0 Å². The van der Waals surface area contributed by atoms with Crippen molar-refractivity contribution in [2.45, 2.75) is 46.2 Å². The van der Waals surface area contributed by atoms with Crippen LogP contribution in [-0.4, -0.2) is 23.0 Å². The third kappa shape index (κ3) is 6.06. The predicted octanol–water partition coefficient (Wildman–Crippen LogP) is 1.38. The number of oxazole rings is 1. The number of nitrogens with one attached hydrogen (secondary N) is 2. The van der Waals surface area contributed by atoms with Gasteiger partial charge in [0.2, 0.25) is 11.8 Å². The Morgan fingerprint density at radius 2 is 2.18 bits per heavy atom. The molecule has 0 saturated heterocycles. The summed E-state index contributed by atoms with van der Waals surface area (Å²) in [6.07, 6.45) is 2.10. The SMILES string of the molecule is Cc1cnc(CNC(=O)CCNC(C)(C)C)o1. The van der Waals surface area contributed by atoms with E-state index in [0.717, 1.165) is 5.76 Å². The van der Waals surface area contributed by atoms with Gasteiger partial charge in [0.25, 0.3) is 0 Å². The second kappa shape index (κ2) is 5.82. The quantitative estimate of drug-likeness (QED) is 0.814. The van der Waals surface area contributed by atoms with Crippen LogP contribution in [0.15, 0.2) is 10.6 Å².